The van der Waals surface area contributed by atoms with Gasteiger partial charge in [0.05, 0.1) is 5.69 Å². The second-order valence-electron chi connectivity index (χ2n) is 4.37. The summed E-state index contributed by atoms with van der Waals surface area (Å²) in [6.45, 7) is 1.86. The summed E-state index contributed by atoms with van der Waals surface area (Å²) in [7, 11) is -2.35. The third-order valence-electron chi connectivity index (χ3n) is 2.91. The Balaban J connectivity index is 2.41. The first-order valence-corrected chi connectivity index (χ1v) is 7.23. The molecule has 1 heterocycles. The van der Waals surface area contributed by atoms with Crippen molar-refractivity contribution in [3.63, 3.8) is 0 Å². The van der Waals surface area contributed by atoms with Crippen LogP contribution in [0.1, 0.15) is 16.1 Å². The molecule has 0 spiro atoms. The van der Waals surface area contributed by atoms with Crippen molar-refractivity contribution in [1.29, 1.82) is 0 Å². The highest BCUT2D eigenvalue weighted by Crippen LogP contribution is 2.23. The number of aromatic nitrogens is 1. The zero-order chi connectivity index (χ0) is 14.9. The van der Waals surface area contributed by atoms with E-state index in [0.717, 1.165) is 15.9 Å². The predicted molar refractivity (Wildman–Crippen MR) is 74.5 cm³/mol. The van der Waals surface area contributed by atoms with E-state index in [-0.39, 0.29) is 10.6 Å². The van der Waals surface area contributed by atoms with Gasteiger partial charge in [-0.05, 0) is 30.7 Å². The summed E-state index contributed by atoms with van der Waals surface area (Å²) in [5.41, 5.74) is 1.29. The van der Waals surface area contributed by atoms with E-state index < -0.39 is 16.0 Å². The van der Waals surface area contributed by atoms with Gasteiger partial charge in [-0.25, -0.2) is 13.2 Å². The third kappa shape index (κ3) is 2.53. The van der Waals surface area contributed by atoms with E-state index in [4.69, 9.17) is 5.11 Å². The van der Waals surface area contributed by atoms with E-state index >= 15 is 0 Å². The molecular formula is C13H14N2O4S. The fourth-order valence-corrected chi connectivity index (χ4v) is 2.95. The molecule has 1 aromatic carbocycles. The number of sulfonamides is 1. The molecule has 0 radical (unpaired) electrons. The molecule has 0 aliphatic rings. The van der Waals surface area contributed by atoms with E-state index in [2.05, 4.69) is 4.98 Å². The molecule has 7 heteroatoms. The van der Waals surface area contributed by atoms with Crippen molar-refractivity contribution in [3.05, 3.63) is 47.8 Å². The average Bonchev–Trinajstić information content (AvgIpc) is 2.88. The van der Waals surface area contributed by atoms with E-state index in [1.165, 1.54) is 13.2 Å². The number of hydrogen-bond donors (Lipinski definition) is 2. The van der Waals surface area contributed by atoms with Crippen LogP contribution in [-0.4, -0.2) is 31.5 Å². The van der Waals surface area contributed by atoms with E-state index in [9.17, 15) is 13.2 Å². The number of benzene rings is 1. The Morgan fingerprint density at radius 3 is 2.55 bits per heavy atom. The maximum Gasteiger partial charge on any atom is 0.352 e. The van der Waals surface area contributed by atoms with Crippen LogP contribution in [0.15, 0.2) is 41.4 Å². The van der Waals surface area contributed by atoms with Crippen LogP contribution in [0.5, 0.6) is 0 Å². The summed E-state index contributed by atoms with van der Waals surface area (Å²) in [5, 5.41) is 8.82. The molecule has 0 saturated heterocycles. The van der Waals surface area contributed by atoms with Crippen LogP contribution in [-0.2, 0) is 10.0 Å². The number of carbonyl (C=O) groups is 1. The van der Waals surface area contributed by atoms with Crippen molar-refractivity contribution >= 4 is 21.7 Å². The molecule has 2 aromatic rings. The van der Waals surface area contributed by atoms with Crippen LogP contribution in [0.2, 0.25) is 0 Å². The van der Waals surface area contributed by atoms with Crippen LogP contribution in [0, 0.1) is 6.92 Å². The maximum absolute atomic E-state index is 12.4. The summed E-state index contributed by atoms with van der Waals surface area (Å²) in [6, 6.07) is 8.14. The third-order valence-corrected chi connectivity index (χ3v) is 4.67. The normalized spacial score (nSPS) is 11.3. The molecule has 0 fully saturated rings. The van der Waals surface area contributed by atoms with Gasteiger partial charge in [-0.15, -0.1) is 0 Å². The first-order chi connectivity index (χ1) is 9.32. The lowest BCUT2D eigenvalue weighted by Crippen LogP contribution is -2.26. The number of nitrogens with one attached hydrogen (secondary N) is 1. The quantitative estimate of drug-likeness (QED) is 0.900. The molecule has 106 valence electrons. The van der Waals surface area contributed by atoms with Crippen LogP contribution in [0.4, 0.5) is 5.69 Å². The highest BCUT2D eigenvalue weighted by Gasteiger charge is 2.23. The molecule has 1 aromatic heterocycles. The molecule has 20 heavy (non-hydrogen) atoms. The number of aryl methyl sites for hydroxylation is 1. The molecule has 0 aliphatic heterocycles. The molecule has 0 unspecified atom stereocenters. The molecular weight excluding hydrogens is 280 g/mol. The van der Waals surface area contributed by atoms with Crippen molar-refractivity contribution in [2.45, 2.75) is 11.8 Å². The molecule has 0 aliphatic carbocycles. The number of carboxylic acids is 1. The van der Waals surface area contributed by atoms with Crippen LogP contribution < -0.4 is 4.31 Å². The minimum atomic E-state index is -3.78. The van der Waals surface area contributed by atoms with Crippen molar-refractivity contribution in [2.75, 3.05) is 11.4 Å². The summed E-state index contributed by atoms with van der Waals surface area (Å²) >= 11 is 0. The van der Waals surface area contributed by atoms with Gasteiger partial charge in [-0.3, -0.25) is 4.31 Å². The SMILES string of the molecule is Cc1cccc(N(C)S(=O)(=O)c2c[nH]c(C(=O)O)c2)c1. The molecule has 2 N–H and O–H groups in total. The molecule has 0 amide bonds. The summed E-state index contributed by atoms with van der Waals surface area (Å²) in [5.74, 6) is -1.20. The zero-order valence-electron chi connectivity index (χ0n) is 11.0. The number of aromatic carboxylic acids is 1. The summed E-state index contributed by atoms with van der Waals surface area (Å²) in [4.78, 5) is 13.1. The van der Waals surface area contributed by atoms with Gasteiger partial charge in [0.15, 0.2) is 0 Å². The number of rotatable bonds is 4. The Bertz CT molecular complexity index is 749. The zero-order valence-corrected chi connectivity index (χ0v) is 11.8. The minimum absolute atomic E-state index is 0.0843. The maximum atomic E-state index is 12.4. The van der Waals surface area contributed by atoms with Crippen molar-refractivity contribution in [2.24, 2.45) is 0 Å². The van der Waals surface area contributed by atoms with Crippen LogP contribution in [0.3, 0.4) is 0 Å². The van der Waals surface area contributed by atoms with E-state index in [1.54, 1.807) is 18.2 Å². The average molecular weight is 294 g/mol. The van der Waals surface area contributed by atoms with Gasteiger partial charge in [-0.1, -0.05) is 12.1 Å². The van der Waals surface area contributed by atoms with Gasteiger partial charge in [0, 0.05) is 13.2 Å². The molecule has 0 bridgehead atoms. The van der Waals surface area contributed by atoms with E-state index in [0.29, 0.717) is 5.69 Å². The first-order valence-electron chi connectivity index (χ1n) is 5.79. The first kappa shape index (κ1) is 14.1. The molecule has 6 nitrogen and oxygen atoms in total. The molecule has 0 saturated carbocycles. The number of anilines is 1. The Hall–Kier alpha value is -2.28. The Labute approximate surface area is 116 Å². The van der Waals surface area contributed by atoms with Gasteiger partial charge in [0.2, 0.25) is 0 Å². The second kappa shape index (κ2) is 5.01. The Morgan fingerprint density at radius 2 is 2.00 bits per heavy atom. The van der Waals surface area contributed by atoms with Crippen molar-refractivity contribution < 1.29 is 18.3 Å². The largest absolute Gasteiger partial charge is 0.477 e. The smallest absolute Gasteiger partial charge is 0.352 e. The lowest BCUT2D eigenvalue weighted by molar-refractivity contribution is 0.0691. The number of H-pyrrole nitrogens is 1. The predicted octanol–water partition coefficient (Wildman–Crippen LogP) is 1.85. The van der Waals surface area contributed by atoms with Gasteiger partial charge >= 0.3 is 5.97 Å². The topological polar surface area (TPSA) is 90.5 Å². The highest BCUT2D eigenvalue weighted by molar-refractivity contribution is 7.92. The van der Waals surface area contributed by atoms with Gasteiger partial charge < -0.3 is 10.1 Å². The van der Waals surface area contributed by atoms with Crippen LogP contribution >= 0.6 is 0 Å². The number of carboxylic acid groups (broad SMARTS) is 1. The summed E-state index contributed by atoms with van der Waals surface area (Å²) < 4.78 is 25.9. The Kier molecular flexibility index (Phi) is 3.54. The van der Waals surface area contributed by atoms with Crippen molar-refractivity contribution in [3.8, 4) is 0 Å². The van der Waals surface area contributed by atoms with Gasteiger partial charge in [-0.2, -0.15) is 0 Å². The summed E-state index contributed by atoms with van der Waals surface area (Å²) in [6.07, 6.45) is 1.17. The lowest BCUT2D eigenvalue weighted by atomic mass is 10.2. The standard InChI is InChI=1S/C13H14N2O4S/c1-9-4-3-5-10(6-9)15(2)20(18,19)11-7-12(13(16)17)14-8-11/h3-8,14H,1-2H3,(H,16,17). The Morgan fingerprint density at radius 1 is 1.30 bits per heavy atom. The molecule has 0 atom stereocenters. The highest BCUT2D eigenvalue weighted by atomic mass is 32.2. The van der Waals surface area contributed by atoms with Gasteiger partial charge in [0.25, 0.3) is 10.0 Å². The van der Waals surface area contributed by atoms with Crippen molar-refractivity contribution in [1.82, 2.24) is 4.98 Å². The second-order valence-corrected chi connectivity index (χ2v) is 6.34. The van der Waals surface area contributed by atoms with E-state index in [1.807, 2.05) is 13.0 Å². The van der Waals surface area contributed by atoms with Gasteiger partial charge in [0.1, 0.15) is 10.6 Å². The number of hydrogen-bond acceptors (Lipinski definition) is 3. The number of nitrogens with zero attached hydrogens (tertiary/aromatic N) is 1. The number of aromatic amines is 1. The fourth-order valence-electron chi connectivity index (χ4n) is 1.77. The lowest BCUT2D eigenvalue weighted by Gasteiger charge is -2.18. The fraction of sp³-hybridized carbons (Fsp3) is 0.154. The van der Waals surface area contributed by atoms with Crippen LogP contribution in [0.25, 0.3) is 0 Å². The monoisotopic (exact) mass is 294 g/mol. The minimum Gasteiger partial charge on any atom is -0.477 e. The molecule has 2 rings (SSSR count).